The zero-order valence-corrected chi connectivity index (χ0v) is 12.2. The average molecular weight is 294 g/mol. The molecule has 0 radical (unpaired) electrons. The minimum atomic E-state index is -0.0924. The highest BCUT2D eigenvalue weighted by Crippen LogP contribution is 2.34. The van der Waals surface area contributed by atoms with Gasteiger partial charge in [0.1, 0.15) is 5.75 Å². The Morgan fingerprint density at radius 1 is 1.45 bits per heavy atom. The highest BCUT2D eigenvalue weighted by atomic mass is 35.5. The Kier molecular flexibility index (Phi) is 3.40. The SMILES string of the molecule is COc1cc(Cl)ccc1-c1noc(C2(C)CCNC2)n1. The molecule has 1 N–H and O–H groups in total. The van der Waals surface area contributed by atoms with Crippen molar-refractivity contribution in [3.8, 4) is 17.1 Å². The lowest BCUT2D eigenvalue weighted by atomic mass is 9.90. The molecule has 2 heterocycles. The van der Waals surface area contributed by atoms with Crippen molar-refractivity contribution in [3.63, 3.8) is 0 Å². The Morgan fingerprint density at radius 3 is 3.00 bits per heavy atom. The maximum absolute atomic E-state index is 5.96. The normalized spacial score (nSPS) is 22.1. The first kappa shape index (κ1) is 13.4. The molecule has 1 aliphatic heterocycles. The maximum atomic E-state index is 5.96. The lowest BCUT2D eigenvalue weighted by molar-refractivity contribution is 0.306. The Labute approximate surface area is 122 Å². The second kappa shape index (κ2) is 5.07. The van der Waals surface area contributed by atoms with Gasteiger partial charge in [0, 0.05) is 11.6 Å². The van der Waals surface area contributed by atoms with Gasteiger partial charge in [-0.2, -0.15) is 4.98 Å². The van der Waals surface area contributed by atoms with Crippen LogP contribution < -0.4 is 10.1 Å². The number of rotatable bonds is 3. The maximum Gasteiger partial charge on any atom is 0.234 e. The molecule has 1 aromatic carbocycles. The van der Waals surface area contributed by atoms with E-state index in [9.17, 15) is 0 Å². The van der Waals surface area contributed by atoms with Gasteiger partial charge >= 0.3 is 0 Å². The summed E-state index contributed by atoms with van der Waals surface area (Å²) in [6.07, 6.45) is 0.992. The van der Waals surface area contributed by atoms with Crippen LogP contribution in [0.15, 0.2) is 22.7 Å². The first-order valence-electron chi connectivity index (χ1n) is 6.51. The minimum absolute atomic E-state index is 0.0924. The molecule has 0 bridgehead atoms. The van der Waals surface area contributed by atoms with E-state index >= 15 is 0 Å². The molecule has 106 valence electrons. The molecule has 0 aliphatic carbocycles. The number of nitrogens with one attached hydrogen (secondary N) is 1. The molecular formula is C14H16ClN3O2. The van der Waals surface area contributed by atoms with Gasteiger partial charge in [-0.1, -0.05) is 16.8 Å². The third-order valence-electron chi connectivity index (χ3n) is 3.72. The lowest BCUT2D eigenvalue weighted by Gasteiger charge is -2.15. The zero-order valence-electron chi connectivity index (χ0n) is 11.4. The van der Waals surface area contributed by atoms with Crippen LogP contribution in [-0.2, 0) is 5.41 Å². The van der Waals surface area contributed by atoms with Crippen molar-refractivity contribution in [1.82, 2.24) is 15.5 Å². The first-order valence-corrected chi connectivity index (χ1v) is 6.89. The number of halogens is 1. The number of ether oxygens (including phenoxy) is 1. The molecule has 1 unspecified atom stereocenters. The molecule has 1 aliphatic rings. The van der Waals surface area contributed by atoms with E-state index in [0.29, 0.717) is 22.5 Å². The van der Waals surface area contributed by atoms with Crippen LogP contribution in [0.25, 0.3) is 11.4 Å². The van der Waals surface area contributed by atoms with Gasteiger partial charge in [0.15, 0.2) is 0 Å². The summed E-state index contributed by atoms with van der Waals surface area (Å²) in [6, 6.07) is 5.37. The number of methoxy groups -OCH3 is 1. The van der Waals surface area contributed by atoms with Crippen molar-refractivity contribution in [2.45, 2.75) is 18.8 Å². The van der Waals surface area contributed by atoms with E-state index in [0.717, 1.165) is 25.1 Å². The van der Waals surface area contributed by atoms with Crippen molar-refractivity contribution >= 4 is 11.6 Å². The predicted octanol–water partition coefficient (Wildman–Crippen LogP) is 2.65. The van der Waals surface area contributed by atoms with Gasteiger partial charge in [-0.25, -0.2) is 0 Å². The van der Waals surface area contributed by atoms with Crippen molar-refractivity contribution in [3.05, 3.63) is 29.1 Å². The van der Waals surface area contributed by atoms with Crippen molar-refractivity contribution in [2.75, 3.05) is 20.2 Å². The molecule has 0 spiro atoms. The topological polar surface area (TPSA) is 60.2 Å². The van der Waals surface area contributed by atoms with Gasteiger partial charge in [-0.05, 0) is 38.1 Å². The van der Waals surface area contributed by atoms with Gasteiger partial charge < -0.3 is 14.6 Å². The summed E-state index contributed by atoms with van der Waals surface area (Å²) in [7, 11) is 1.60. The summed E-state index contributed by atoms with van der Waals surface area (Å²) in [4.78, 5) is 4.53. The van der Waals surface area contributed by atoms with Crippen LogP contribution in [-0.4, -0.2) is 30.3 Å². The van der Waals surface area contributed by atoms with Crippen molar-refractivity contribution in [2.24, 2.45) is 0 Å². The number of hydrogen-bond acceptors (Lipinski definition) is 5. The highest BCUT2D eigenvalue weighted by molar-refractivity contribution is 6.30. The fourth-order valence-electron chi connectivity index (χ4n) is 2.43. The third kappa shape index (κ3) is 2.27. The van der Waals surface area contributed by atoms with E-state index in [1.54, 1.807) is 19.2 Å². The van der Waals surface area contributed by atoms with E-state index in [1.807, 2.05) is 6.07 Å². The van der Waals surface area contributed by atoms with Crippen LogP contribution in [0.5, 0.6) is 5.75 Å². The summed E-state index contributed by atoms with van der Waals surface area (Å²) in [5.74, 6) is 1.83. The molecule has 6 heteroatoms. The number of nitrogens with zero attached hydrogens (tertiary/aromatic N) is 2. The van der Waals surface area contributed by atoms with E-state index < -0.39 is 0 Å². The van der Waals surface area contributed by atoms with Crippen molar-refractivity contribution in [1.29, 1.82) is 0 Å². The Balaban J connectivity index is 1.98. The van der Waals surface area contributed by atoms with E-state index in [1.165, 1.54) is 0 Å². The lowest BCUT2D eigenvalue weighted by Crippen LogP contribution is -2.25. The summed E-state index contributed by atoms with van der Waals surface area (Å²) in [5.41, 5.74) is 0.687. The van der Waals surface area contributed by atoms with Crippen LogP contribution in [0.3, 0.4) is 0 Å². The van der Waals surface area contributed by atoms with Gasteiger partial charge in [0.25, 0.3) is 0 Å². The second-order valence-electron chi connectivity index (χ2n) is 5.26. The van der Waals surface area contributed by atoms with E-state index in [4.69, 9.17) is 20.9 Å². The fraction of sp³-hybridized carbons (Fsp3) is 0.429. The molecule has 1 atom stereocenters. The second-order valence-corrected chi connectivity index (χ2v) is 5.69. The fourth-order valence-corrected chi connectivity index (χ4v) is 2.59. The van der Waals surface area contributed by atoms with Gasteiger partial charge in [-0.15, -0.1) is 0 Å². The number of aromatic nitrogens is 2. The molecule has 5 nitrogen and oxygen atoms in total. The largest absolute Gasteiger partial charge is 0.496 e. The highest BCUT2D eigenvalue weighted by Gasteiger charge is 2.36. The Morgan fingerprint density at radius 2 is 2.30 bits per heavy atom. The molecule has 1 fully saturated rings. The van der Waals surface area contributed by atoms with E-state index in [2.05, 4.69) is 22.4 Å². The minimum Gasteiger partial charge on any atom is -0.496 e. The van der Waals surface area contributed by atoms with Crippen molar-refractivity contribution < 1.29 is 9.26 Å². The van der Waals surface area contributed by atoms with Gasteiger partial charge in [0.2, 0.25) is 11.7 Å². The summed E-state index contributed by atoms with van der Waals surface area (Å²) in [5, 5.41) is 8.01. The Hall–Kier alpha value is -1.59. The molecule has 1 aromatic heterocycles. The molecule has 3 rings (SSSR count). The Bertz CT molecular complexity index is 621. The summed E-state index contributed by atoms with van der Waals surface area (Å²) in [6.45, 7) is 3.95. The van der Waals surface area contributed by atoms with E-state index in [-0.39, 0.29) is 5.41 Å². The molecule has 1 saturated heterocycles. The molecule has 20 heavy (non-hydrogen) atoms. The smallest absolute Gasteiger partial charge is 0.234 e. The van der Waals surface area contributed by atoms with Gasteiger partial charge in [-0.3, -0.25) is 0 Å². The van der Waals surface area contributed by atoms with Crippen LogP contribution >= 0.6 is 11.6 Å². The molecular weight excluding hydrogens is 278 g/mol. The number of hydrogen-bond donors (Lipinski definition) is 1. The zero-order chi connectivity index (χ0) is 14.2. The number of benzene rings is 1. The summed E-state index contributed by atoms with van der Waals surface area (Å²) >= 11 is 5.96. The van der Waals surface area contributed by atoms with Crippen LogP contribution in [0.2, 0.25) is 5.02 Å². The molecule has 0 amide bonds. The predicted molar refractivity (Wildman–Crippen MR) is 76.1 cm³/mol. The summed E-state index contributed by atoms with van der Waals surface area (Å²) < 4.78 is 10.8. The van der Waals surface area contributed by atoms with Gasteiger partial charge in [0.05, 0.1) is 18.1 Å². The van der Waals surface area contributed by atoms with Crippen LogP contribution in [0, 0.1) is 0 Å². The third-order valence-corrected chi connectivity index (χ3v) is 3.95. The molecule has 2 aromatic rings. The standard InChI is InChI=1S/C14H16ClN3O2/c1-14(5-6-16-8-14)13-17-12(18-20-13)10-4-3-9(15)7-11(10)19-2/h3-4,7,16H,5-6,8H2,1-2H3. The first-order chi connectivity index (χ1) is 9.62. The quantitative estimate of drug-likeness (QED) is 0.943. The molecule has 0 saturated carbocycles. The average Bonchev–Trinajstić information content (AvgIpc) is 3.08. The van der Waals surface area contributed by atoms with Crippen LogP contribution in [0.1, 0.15) is 19.2 Å². The monoisotopic (exact) mass is 293 g/mol. The van der Waals surface area contributed by atoms with Crippen LogP contribution in [0.4, 0.5) is 0 Å².